The highest BCUT2D eigenvalue weighted by molar-refractivity contribution is 6.48. The third-order valence-corrected chi connectivity index (χ3v) is 27.0. The van der Waals surface area contributed by atoms with Crippen LogP contribution in [-0.2, 0) is 63.5 Å². The predicted molar refractivity (Wildman–Crippen MR) is 508 cm³/mol. The van der Waals surface area contributed by atoms with Gasteiger partial charge >= 0.3 is 34.4 Å². The van der Waals surface area contributed by atoms with E-state index >= 15 is 0 Å². The fraction of sp³-hybridized carbons (Fsp3) is 0.515. The van der Waals surface area contributed by atoms with Crippen LogP contribution in [0.3, 0.4) is 0 Å². The maximum absolute atomic E-state index is 13.9. The molecule has 11 N–H and O–H groups in total. The molecule has 133 heavy (non-hydrogen) atoms. The molecule has 2 aliphatic heterocycles. The van der Waals surface area contributed by atoms with Gasteiger partial charge in [0.25, 0.3) is 23.6 Å². The van der Waals surface area contributed by atoms with Gasteiger partial charge in [0.1, 0.15) is 28.8 Å². The third kappa shape index (κ3) is 29.2. The minimum atomic E-state index is -1.58. The van der Waals surface area contributed by atoms with Gasteiger partial charge in [-0.2, -0.15) is 0 Å². The lowest BCUT2D eigenvalue weighted by atomic mass is 9.43. The minimum Gasteiger partial charge on any atom is -0.480 e. The standard InChI is InChI=1S/C30H40BN3O4.2C20H26BN3O4.C15H28BNO2.C14H13N3O3/c1-19(2)13-22(31-37-27-16-21-15-26(29(21,3)4)30(27,5)38-31)17-25(35)23(14-20-9-7-6-8-10-20)34-28(36)24-18-32-11-12-33-24;2*1-14(2)10-16(21(27)28)12-19(25)17(11-15-6-4-3-5-7-15)24-20(26)18-13-22-8-9-23-18;1-9(2)6-13(17)16-18-12-8-10-7-11(14(10,3)4)15(12,5)19-16;18-13(12-9-15-6-7-16-12)17-11(14(19)20)8-10-4-2-1-3-5-10/h6-12,18-19,21-23,26-27H,13-17H2,1-5H3,(H,34,36);2*3-9,13-14,16-17,27-28H,10-12H2,1-2H3,(H,24,26);9-13H,6-8,17H2,1-5H3;1-7,9,11H,8H2,(H,17,18)(H,19,20)/t21?,22?,23-,26?,27?,30+;2*16?,17-;10?,11?,12?,13?,15-;11-/m00010/s1. The molecule has 6 aliphatic carbocycles. The van der Waals surface area contributed by atoms with E-state index in [9.17, 15) is 63.6 Å². The van der Waals surface area contributed by atoms with E-state index in [1.165, 1.54) is 87.2 Å². The van der Waals surface area contributed by atoms with Crippen molar-refractivity contribution in [3.8, 4) is 0 Å². The van der Waals surface area contributed by atoms with Crippen molar-refractivity contribution >= 4 is 75.4 Å². The van der Waals surface area contributed by atoms with Crippen LogP contribution in [0, 0.1) is 58.2 Å². The Morgan fingerprint density at radius 2 is 0.684 bits per heavy atom. The lowest BCUT2D eigenvalue weighted by Gasteiger charge is -2.64. The maximum atomic E-state index is 13.9. The smallest absolute Gasteiger partial charge is 0.475 e. The van der Waals surface area contributed by atoms with Crippen molar-refractivity contribution in [3.05, 3.63) is 241 Å². The lowest BCUT2D eigenvalue weighted by molar-refractivity contribution is -0.199. The van der Waals surface area contributed by atoms with E-state index in [0.29, 0.717) is 67.1 Å². The molecule has 6 heterocycles. The van der Waals surface area contributed by atoms with Gasteiger partial charge in [-0.05, 0) is 165 Å². The quantitative estimate of drug-likeness (QED) is 0.0161. The molecule has 16 rings (SSSR count). The van der Waals surface area contributed by atoms with Crippen molar-refractivity contribution < 1.29 is 82.2 Å². The number of hydrogen-bond acceptors (Lipinski definition) is 25. The van der Waals surface area contributed by atoms with Crippen molar-refractivity contribution in [2.45, 2.75) is 264 Å². The number of aliphatic carboxylic acids is 1. The van der Waals surface area contributed by atoms with Gasteiger partial charge < -0.3 is 70.8 Å². The molecule has 30 nitrogen and oxygen atoms in total. The molecule has 8 fully saturated rings. The summed E-state index contributed by atoms with van der Waals surface area (Å²) >= 11 is 0. The number of carboxylic acids is 1. The number of carbonyl (C=O) groups is 8. The molecule has 4 aromatic carbocycles. The number of rotatable bonds is 38. The molecule has 34 heteroatoms. The van der Waals surface area contributed by atoms with E-state index in [1.807, 2.05) is 149 Å². The Morgan fingerprint density at radius 1 is 0.398 bits per heavy atom. The summed E-state index contributed by atoms with van der Waals surface area (Å²) in [5.41, 5.74) is 10.6. The van der Waals surface area contributed by atoms with Gasteiger partial charge in [0.15, 0.2) is 17.3 Å². The Bertz CT molecular complexity index is 4900. The number of nitrogens with zero attached hydrogens (tertiary/aromatic N) is 8. The van der Waals surface area contributed by atoms with Gasteiger partial charge in [-0.3, -0.25) is 53.5 Å². The molecular formula is C99H133B4N13O17. The highest BCUT2D eigenvalue weighted by Gasteiger charge is 2.70. The molecule has 4 bridgehead atoms. The first-order chi connectivity index (χ1) is 63.2. The van der Waals surface area contributed by atoms with Crippen molar-refractivity contribution in [1.29, 1.82) is 0 Å². The number of nitrogens with one attached hydrogen (secondary N) is 4. The van der Waals surface area contributed by atoms with Crippen LogP contribution < -0.4 is 27.0 Å². The Hall–Kier alpha value is -10.5. The lowest BCUT2D eigenvalue weighted by Crippen LogP contribution is -2.65. The zero-order valence-electron chi connectivity index (χ0n) is 79.1. The molecule has 4 aromatic heterocycles. The number of Topliss-reactive ketones (excluding diaryl/α,β-unsaturated/α-hetero) is 3. The Labute approximate surface area is 783 Å². The first kappa shape index (κ1) is 105. The molecule has 10 unspecified atom stereocenters. The average molecular weight is 1820 g/mol. The number of hydrogen-bond donors (Lipinski definition) is 10. The predicted octanol–water partition coefficient (Wildman–Crippen LogP) is 11.8. The van der Waals surface area contributed by atoms with Gasteiger partial charge in [0.05, 0.1) is 66.3 Å². The zero-order valence-corrected chi connectivity index (χ0v) is 79.1. The van der Waals surface area contributed by atoms with Gasteiger partial charge in [-0.15, -0.1) is 0 Å². The van der Waals surface area contributed by atoms with Crippen LogP contribution in [0.2, 0.25) is 17.5 Å². The van der Waals surface area contributed by atoms with Crippen molar-refractivity contribution in [2.24, 2.45) is 63.9 Å². The molecule has 16 atom stereocenters. The second-order valence-corrected chi connectivity index (χ2v) is 39.5. The van der Waals surface area contributed by atoms with Crippen molar-refractivity contribution in [3.63, 3.8) is 0 Å². The van der Waals surface area contributed by atoms with Crippen LogP contribution in [0.5, 0.6) is 0 Å². The summed E-state index contributed by atoms with van der Waals surface area (Å²) in [6.45, 7) is 30.5. The molecule has 6 saturated carbocycles. The molecule has 8 aliphatic rings. The summed E-state index contributed by atoms with van der Waals surface area (Å²) in [5.74, 6) is -0.854. The molecule has 2 saturated heterocycles. The minimum absolute atomic E-state index is 0.00253. The summed E-state index contributed by atoms with van der Waals surface area (Å²) in [6, 6.07) is 34.3. The number of amides is 4. The zero-order chi connectivity index (χ0) is 96.5. The molecule has 8 aromatic rings. The SMILES string of the molecule is CC(C)CC(CC(=O)[C@H](Cc1ccccc1)NC(=O)c1cnccn1)B(O)O.CC(C)CC(CC(=O)[C@H](Cc1ccccc1)NC(=O)c1cnccn1)B(O)O.CC(C)CC(CC(=O)[C@H](Cc1ccccc1)NC(=O)c1cnccn1)B1OC2CC3CC(C3(C)C)[C@@]2(C)O1.CC(C)CC(N)B1OC2CC3CC(C3(C)C)[C@@]2(C)O1.O=C(N[C@@H](Cc1ccccc1)C(=O)O)c1cnccn1. The Balaban J connectivity index is 0.000000176. The average Bonchev–Trinajstić information content (AvgIpc) is 1.57. The highest BCUT2D eigenvalue weighted by atomic mass is 16.7. The summed E-state index contributed by atoms with van der Waals surface area (Å²) in [7, 11) is -3.79. The molecular weight excluding hydrogens is 1690 g/mol. The van der Waals surface area contributed by atoms with Crippen LogP contribution in [0.25, 0.3) is 0 Å². The van der Waals surface area contributed by atoms with E-state index in [0.717, 1.165) is 53.9 Å². The molecule has 0 spiro atoms. The number of carbonyl (C=O) groups excluding carboxylic acids is 7. The number of benzene rings is 4. The van der Waals surface area contributed by atoms with E-state index in [2.05, 4.69) is 130 Å². The second-order valence-electron chi connectivity index (χ2n) is 39.5. The van der Waals surface area contributed by atoms with Crippen LogP contribution in [0.1, 0.15) is 232 Å². The normalized spacial score (nSPS) is 21.9. The summed E-state index contributed by atoms with van der Waals surface area (Å²) in [4.78, 5) is 132. The first-order valence-corrected chi connectivity index (χ1v) is 46.6. The van der Waals surface area contributed by atoms with Gasteiger partial charge in [0.2, 0.25) is 0 Å². The van der Waals surface area contributed by atoms with E-state index in [4.69, 9.17) is 24.4 Å². The molecule has 0 radical (unpaired) electrons. The van der Waals surface area contributed by atoms with E-state index in [1.54, 1.807) is 0 Å². The first-order valence-electron chi connectivity index (χ1n) is 46.6. The van der Waals surface area contributed by atoms with Crippen molar-refractivity contribution in [2.75, 3.05) is 0 Å². The highest BCUT2D eigenvalue weighted by Crippen LogP contribution is 2.67. The Morgan fingerprint density at radius 3 is 0.962 bits per heavy atom. The fourth-order valence-electron chi connectivity index (χ4n) is 19.7. The van der Waals surface area contributed by atoms with Crippen LogP contribution >= 0.6 is 0 Å². The number of nitrogens with two attached hydrogens (primary N) is 1. The largest absolute Gasteiger partial charge is 0.480 e. The summed E-state index contributed by atoms with van der Waals surface area (Å²) in [5, 5.41) is 58.6. The monoisotopic (exact) mass is 1820 g/mol. The molecule has 708 valence electrons. The number of carboxylic acid groups (broad SMARTS) is 1. The van der Waals surface area contributed by atoms with Crippen molar-refractivity contribution in [1.82, 2.24) is 61.1 Å². The maximum Gasteiger partial charge on any atom is 0.475 e. The van der Waals surface area contributed by atoms with Crippen LogP contribution in [0.4, 0.5) is 0 Å². The van der Waals surface area contributed by atoms with Gasteiger partial charge in [-0.1, -0.05) is 204 Å². The summed E-state index contributed by atoms with van der Waals surface area (Å²) < 4.78 is 25.9. The number of ketones is 3. The Kier molecular flexibility index (Phi) is 38.2. The van der Waals surface area contributed by atoms with E-state index in [-0.39, 0.29) is 125 Å². The van der Waals surface area contributed by atoms with Gasteiger partial charge in [-0.25, -0.2) is 24.7 Å². The fourth-order valence-corrected chi connectivity index (χ4v) is 19.7. The van der Waals surface area contributed by atoms with E-state index < -0.39 is 86.8 Å². The van der Waals surface area contributed by atoms with Gasteiger partial charge in [0, 0.05) is 98.7 Å². The topological polar surface area (TPSA) is 452 Å². The number of aromatic nitrogens is 8. The second kappa shape index (κ2) is 48.6. The molecule has 4 amide bonds. The van der Waals surface area contributed by atoms with Crippen LogP contribution in [-0.4, -0.2) is 194 Å². The summed E-state index contributed by atoms with van der Waals surface area (Å²) in [6.07, 6.45) is 26.1. The van der Waals surface area contributed by atoms with Crippen LogP contribution in [0.15, 0.2) is 196 Å². The third-order valence-electron chi connectivity index (χ3n) is 27.0.